The second-order valence-corrected chi connectivity index (χ2v) is 4.62. The second kappa shape index (κ2) is 5.95. The molecule has 0 spiro atoms. The van der Waals surface area contributed by atoms with E-state index in [1.54, 1.807) is 0 Å². The largest absolute Gasteiger partial charge is 0.396 e. The van der Waals surface area contributed by atoms with Crippen LogP contribution in [-0.4, -0.2) is 50.3 Å². The minimum atomic E-state index is -0.0913. The number of nitrogens with zero attached hydrogens (tertiary/aromatic N) is 3. The number of hydrogen-bond acceptors (Lipinski definition) is 4. The average molecular weight is 252 g/mol. The summed E-state index contributed by atoms with van der Waals surface area (Å²) in [6.07, 6.45) is 4.37. The number of aromatic amines is 1. The fourth-order valence-corrected chi connectivity index (χ4v) is 2.41. The molecule has 0 bridgehead atoms. The Morgan fingerprint density at radius 1 is 1.61 bits per heavy atom. The molecular formula is C12H20N4O2. The van der Waals surface area contributed by atoms with Crippen molar-refractivity contribution in [3.05, 3.63) is 11.6 Å². The van der Waals surface area contributed by atoms with Crippen molar-refractivity contribution in [1.29, 1.82) is 0 Å². The van der Waals surface area contributed by atoms with Gasteiger partial charge in [-0.05, 0) is 25.7 Å². The molecule has 18 heavy (non-hydrogen) atoms. The molecule has 0 saturated carbocycles. The fourth-order valence-electron chi connectivity index (χ4n) is 2.41. The molecule has 1 aromatic rings. The number of hydrogen-bond donors (Lipinski definition) is 2. The number of aliphatic hydroxyl groups excluding tert-OH is 1. The summed E-state index contributed by atoms with van der Waals surface area (Å²) in [5, 5.41) is 15.6. The van der Waals surface area contributed by atoms with Crippen LogP contribution >= 0.6 is 0 Å². The molecule has 2 heterocycles. The quantitative estimate of drug-likeness (QED) is 0.810. The number of nitrogens with one attached hydrogen (secondary N) is 1. The summed E-state index contributed by atoms with van der Waals surface area (Å²) >= 11 is 0. The number of amides is 1. The van der Waals surface area contributed by atoms with E-state index in [2.05, 4.69) is 15.2 Å². The van der Waals surface area contributed by atoms with Crippen LogP contribution < -0.4 is 0 Å². The summed E-state index contributed by atoms with van der Waals surface area (Å²) in [7, 11) is 0. The number of aromatic nitrogens is 3. The molecule has 100 valence electrons. The Morgan fingerprint density at radius 2 is 2.44 bits per heavy atom. The van der Waals surface area contributed by atoms with Gasteiger partial charge in [0.25, 0.3) is 5.91 Å². The molecule has 6 heteroatoms. The normalized spacial score (nSPS) is 19.4. The van der Waals surface area contributed by atoms with Gasteiger partial charge in [0.1, 0.15) is 5.82 Å². The van der Waals surface area contributed by atoms with E-state index in [1.807, 2.05) is 11.8 Å². The number of H-pyrrole nitrogens is 1. The number of rotatable bonds is 5. The Labute approximate surface area is 106 Å². The first-order valence-electron chi connectivity index (χ1n) is 6.59. The first-order valence-corrected chi connectivity index (χ1v) is 6.59. The second-order valence-electron chi connectivity index (χ2n) is 4.62. The molecule has 1 aromatic heterocycles. The van der Waals surface area contributed by atoms with Crippen molar-refractivity contribution in [2.45, 2.75) is 45.1 Å². The van der Waals surface area contributed by atoms with Crippen LogP contribution in [0.3, 0.4) is 0 Å². The highest BCUT2D eigenvalue weighted by molar-refractivity contribution is 5.90. The topological polar surface area (TPSA) is 82.1 Å². The van der Waals surface area contributed by atoms with Crippen molar-refractivity contribution in [1.82, 2.24) is 20.1 Å². The Morgan fingerprint density at radius 3 is 3.11 bits per heavy atom. The molecule has 0 aromatic carbocycles. The Balaban J connectivity index is 2.02. The van der Waals surface area contributed by atoms with Gasteiger partial charge in [0.15, 0.2) is 0 Å². The molecule has 0 radical (unpaired) electrons. The monoisotopic (exact) mass is 252 g/mol. The number of carbonyl (C=O) groups excluding carboxylic acids is 1. The van der Waals surface area contributed by atoms with Gasteiger partial charge in [-0.25, -0.2) is 4.98 Å². The Hall–Kier alpha value is -1.43. The fraction of sp³-hybridized carbons (Fsp3) is 0.750. The van der Waals surface area contributed by atoms with Crippen LogP contribution in [0.15, 0.2) is 0 Å². The van der Waals surface area contributed by atoms with Crippen LogP contribution in [0.5, 0.6) is 0 Å². The summed E-state index contributed by atoms with van der Waals surface area (Å²) in [5.41, 5.74) is 0. The predicted octanol–water partition coefficient (Wildman–Crippen LogP) is 0.744. The predicted molar refractivity (Wildman–Crippen MR) is 66.1 cm³/mol. The summed E-state index contributed by atoms with van der Waals surface area (Å²) in [6.45, 7) is 2.92. The Bertz CT molecular complexity index is 405. The molecule has 1 saturated heterocycles. The van der Waals surface area contributed by atoms with Crippen molar-refractivity contribution >= 4 is 5.91 Å². The molecule has 1 fully saturated rings. The minimum absolute atomic E-state index is 0.0913. The molecule has 1 unspecified atom stereocenters. The van der Waals surface area contributed by atoms with E-state index >= 15 is 0 Å². The van der Waals surface area contributed by atoms with E-state index in [9.17, 15) is 4.79 Å². The van der Waals surface area contributed by atoms with Gasteiger partial charge in [0.05, 0.1) is 0 Å². The van der Waals surface area contributed by atoms with E-state index in [0.29, 0.717) is 0 Å². The van der Waals surface area contributed by atoms with Crippen molar-refractivity contribution in [3.63, 3.8) is 0 Å². The van der Waals surface area contributed by atoms with Gasteiger partial charge in [-0.3, -0.25) is 9.89 Å². The van der Waals surface area contributed by atoms with Crippen LogP contribution in [0, 0.1) is 0 Å². The lowest BCUT2D eigenvalue weighted by atomic mass is 10.1. The van der Waals surface area contributed by atoms with Crippen molar-refractivity contribution in [2.75, 3.05) is 13.2 Å². The minimum Gasteiger partial charge on any atom is -0.396 e. The molecule has 1 aliphatic rings. The third-order valence-corrected chi connectivity index (χ3v) is 3.39. The van der Waals surface area contributed by atoms with Crippen LogP contribution in [-0.2, 0) is 6.42 Å². The highest BCUT2D eigenvalue weighted by Gasteiger charge is 2.30. The third-order valence-electron chi connectivity index (χ3n) is 3.39. The highest BCUT2D eigenvalue weighted by Crippen LogP contribution is 2.22. The number of aliphatic hydroxyl groups is 1. The van der Waals surface area contributed by atoms with Gasteiger partial charge in [-0.2, -0.15) is 0 Å². The van der Waals surface area contributed by atoms with Gasteiger partial charge in [0, 0.05) is 25.6 Å². The van der Waals surface area contributed by atoms with E-state index < -0.39 is 0 Å². The van der Waals surface area contributed by atoms with Crippen molar-refractivity contribution < 1.29 is 9.90 Å². The maximum atomic E-state index is 12.3. The van der Waals surface area contributed by atoms with Crippen molar-refractivity contribution in [3.8, 4) is 0 Å². The lowest BCUT2D eigenvalue weighted by molar-refractivity contribution is 0.0712. The number of likely N-dealkylation sites (tertiary alicyclic amines) is 1. The molecule has 1 aliphatic heterocycles. The molecule has 6 nitrogen and oxygen atoms in total. The summed E-state index contributed by atoms with van der Waals surface area (Å²) in [5.74, 6) is 0.915. The zero-order valence-electron chi connectivity index (χ0n) is 10.7. The smallest absolute Gasteiger partial charge is 0.293 e. The lowest BCUT2D eigenvalue weighted by Gasteiger charge is -2.23. The average Bonchev–Trinajstić information content (AvgIpc) is 3.04. The number of aryl methyl sites for hydroxylation is 1. The molecule has 0 aliphatic carbocycles. The molecule has 2 N–H and O–H groups in total. The first kappa shape index (κ1) is 13.0. The van der Waals surface area contributed by atoms with E-state index in [4.69, 9.17) is 5.11 Å². The van der Waals surface area contributed by atoms with E-state index in [0.717, 1.165) is 44.5 Å². The summed E-state index contributed by atoms with van der Waals surface area (Å²) < 4.78 is 0. The lowest BCUT2D eigenvalue weighted by Crippen LogP contribution is -2.36. The van der Waals surface area contributed by atoms with Crippen molar-refractivity contribution in [2.24, 2.45) is 0 Å². The zero-order valence-corrected chi connectivity index (χ0v) is 10.7. The third kappa shape index (κ3) is 2.69. The van der Waals surface area contributed by atoms with Gasteiger partial charge >= 0.3 is 0 Å². The maximum absolute atomic E-state index is 12.3. The zero-order chi connectivity index (χ0) is 13.0. The first-order chi connectivity index (χ1) is 8.76. The number of carbonyl (C=O) groups is 1. The van der Waals surface area contributed by atoms with Crippen LogP contribution in [0.25, 0.3) is 0 Å². The van der Waals surface area contributed by atoms with Gasteiger partial charge < -0.3 is 10.0 Å². The van der Waals surface area contributed by atoms with Crippen LogP contribution in [0.4, 0.5) is 0 Å². The van der Waals surface area contributed by atoms with Crippen LogP contribution in [0.2, 0.25) is 0 Å². The molecular weight excluding hydrogens is 232 g/mol. The van der Waals surface area contributed by atoms with E-state index in [1.165, 1.54) is 0 Å². The summed E-state index contributed by atoms with van der Waals surface area (Å²) in [6, 6.07) is 0.230. The van der Waals surface area contributed by atoms with Gasteiger partial charge in [-0.1, -0.05) is 6.92 Å². The highest BCUT2D eigenvalue weighted by atomic mass is 16.3. The SMILES string of the molecule is CCc1nc(C(=O)N2CCCC2CCCO)n[nH]1. The van der Waals surface area contributed by atoms with Crippen LogP contribution in [0.1, 0.15) is 49.1 Å². The summed E-state index contributed by atoms with van der Waals surface area (Å²) in [4.78, 5) is 18.3. The van der Waals surface area contributed by atoms with Gasteiger partial charge in [-0.15, -0.1) is 5.10 Å². The molecule has 1 atom stereocenters. The molecule has 2 rings (SSSR count). The van der Waals surface area contributed by atoms with Gasteiger partial charge in [0.2, 0.25) is 5.82 Å². The Kier molecular flexibility index (Phi) is 4.30. The van der Waals surface area contributed by atoms with E-state index in [-0.39, 0.29) is 24.4 Å². The maximum Gasteiger partial charge on any atom is 0.293 e. The molecule has 1 amide bonds. The standard InChI is InChI=1S/C12H20N4O2/c1-2-10-13-11(15-14-10)12(18)16-7-3-5-9(16)6-4-8-17/h9,17H,2-8H2,1H3,(H,13,14,15).